The predicted molar refractivity (Wildman–Crippen MR) is 99.0 cm³/mol. The van der Waals surface area contributed by atoms with Crippen LogP contribution in [0.5, 0.6) is 0 Å². The summed E-state index contributed by atoms with van der Waals surface area (Å²) in [6.07, 6.45) is 6.14. The smallest absolute Gasteiger partial charge is 0.0643 e. The maximum Gasteiger partial charge on any atom is 0.0643 e. The van der Waals surface area contributed by atoms with E-state index in [1.54, 1.807) is 45.0 Å². The summed E-state index contributed by atoms with van der Waals surface area (Å²) in [4.78, 5) is 56.5. The molecule has 0 aliphatic carbocycles. The summed E-state index contributed by atoms with van der Waals surface area (Å²) < 4.78 is 2.35. The fraction of sp³-hybridized carbons (Fsp3) is 0.111. The number of carbonyl (C=O) groups is 6. The Kier molecular flexibility index (Phi) is 40.5. The number of allylic oxidation sites excluding steroid dienone is 2. The monoisotopic (exact) mass is 664 g/mol. The molecule has 12 nitrogen and oxygen atoms in total. The van der Waals surface area contributed by atoms with Gasteiger partial charge in [0.1, 0.15) is 0 Å². The molecule has 0 heterocycles. The summed E-state index contributed by atoms with van der Waals surface area (Å²) in [5.41, 5.74) is 0. The molecule has 0 spiro atoms. The fourth-order valence-corrected chi connectivity index (χ4v) is 0.408. The van der Waals surface area contributed by atoms with Crippen LogP contribution >= 0.6 is 0 Å². The van der Waals surface area contributed by atoms with Gasteiger partial charge in [-0.25, -0.2) is 0 Å². The van der Waals surface area contributed by atoms with Crippen LogP contribution in [0.25, 0.3) is 0 Å². The molecule has 0 atom stereocenters. The zero-order chi connectivity index (χ0) is 26.5. The second kappa shape index (κ2) is 32.8. The zero-order valence-corrected chi connectivity index (χ0v) is 22.1. The molecule has 0 radical (unpaired) electrons. The Morgan fingerprint density at radius 1 is 0.469 bits per heavy atom. The molecule has 0 fully saturated rings. The van der Waals surface area contributed by atoms with E-state index in [2.05, 4.69) is 13.2 Å². The third kappa shape index (κ3) is 92.8. The molecule has 0 bridgehead atoms. The molecule has 32 heavy (non-hydrogen) atoms. The van der Waals surface area contributed by atoms with Crippen LogP contribution in [-0.2, 0) is 28.8 Å². The van der Waals surface area contributed by atoms with Crippen molar-refractivity contribution in [3.8, 4) is 0 Å². The maximum absolute atomic E-state index is 9.41. The molecule has 168 valence electrons. The molecule has 0 aromatic rings. The third-order valence-corrected chi connectivity index (χ3v) is 3.00. The molecule has 0 amide bonds. The number of hydrogen-bond donors (Lipinski definition) is 0. The first-order valence-corrected chi connectivity index (χ1v) is 11.6. The van der Waals surface area contributed by atoms with Gasteiger partial charge in [-0.05, 0) is 36.5 Å². The molecule has 0 unspecified atom stereocenters. The molecule has 14 heteroatoms. The number of carboxylic acid groups (broad SMARTS) is 6. The summed E-state index contributed by atoms with van der Waals surface area (Å²) in [5.74, 6) is -9.28. The van der Waals surface area contributed by atoms with Crippen molar-refractivity contribution in [3.63, 3.8) is 0 Å². The largest absolute Gasteiger partial charge is 0.545 e. The van der Waals surface area contributed by atoms with Crippen LogP contribution < -0.4 is 30.6 Å². The van der Waals surface area contributed by atoms with Gasteiger partial charge in [-0.2, -0.15) is 0 Å². The molecular weight excluding hydrogens is 646 g/mol. The van der Waals surface area contributed by atoms with E-state index in [1.165, 1.54) is 8.87 Å². The molecule has 0 aliphatic rings. The molecular formula is C18H16O12Sn2. The Morgan fingerprint density at radius 2 is 0.562 bits per heavy atom. The Balaban J connectivity index is -0.0000000980. The van der Waals surface area contributed by atoms with E-state index in [4.69, 9.17) is 0 Å². The van der Waals surface area contributed by atoms with Crippen molar-refractivity contribution in [2.75, 3.05) is 0 Å². The van der Waals surface area contributed by atoms with Gasteiger partial charge in [0.15, 0.2) is 0 Å². The van der Waals surface area contributed by atoms with E-state index in [-0.39, 0.29) is 0 Å². The SMILES string of the molecule is C=C[CH2][Sn+3].C=C[CH2][Sn+3].O=C([O-])/C=C\C(=O)[O-].O=C([O-])/C=C\C(=O)[O-].O=C([O-])/C=C\C(=O)[O-]. The number of carboxylic acids is 6. The minimum absolute atomic E-state index is 0.384. The number of hydrogen-bond acceptors (Lipinski definition) is 12. The zero-order valence-electron chi connectivity index (χ0n) is 16.3. The summed E-state index contributed by atoms with van der Waals surface area (Å²) in [6.45, 7) is 7.00. The molecule has 0 aromatic heterocycles. The van der Waals surface area contributed by atoms with Crippen molar-refractivity contribution in [1.82, 2.24) is 0 Å². The van der Waals surface area contributed by atoms with Gasteiger partial charge in [-0.3, -0.25) is 0 Å². The van der Waals surface area contributed by atoms with Gasteiger partial charge in [0, 0.05) is 0 Å². The number of aliphatic carboxylic acids is 6. The summed E-state index contributed by atoms with van der Waals surface area (Å²) in [6, 6.07) is 0. The van der Waals surface area contributed by atoms with Gasteiger partial charge < -0.3 is 59.4 Å². The second-order valence-electron chi connectivity index (χ2n) is 3.90. The molecule has 0 aromatic carbocycles. The van der Waals surface area contributed by atoms with E-state index in [9.17, 15) is 59.4 Å². The molecule has 0 aliphatic heterocycles. The van der Waals surface area contributed by atoms with Gasteiger partial charge in [-0.1, -0.05) is 0 Å². The second-order valence-corrected chi connectivity index (χ2v) is 6.23. The normalized spacial score (nSPS) is 8.75. The maximum atomic E-state index is 9.41. The Morgan fingerprint density at radius 3 is 0.594 bits per heavy atom. The van der Waals surface area contributed by atoms with E-state index in [0.29, 0.717) is 36.5 Å². The molecule has 0 saturated carbocycles. The molecule has 0 N–H and O–H groups in total. The number of carbonyl (C=O) groups excluding carboxylic acids is 6. The summed E-state index contributed by atoms with van der Waals surface area (Å²) in [5, 5.41) is 56.5. The van der Waals surface area contributed by atoms with Crippen LogP contribution in [0.3, 0.4) is 0 Å². The quantitative estimate of drug-likeness (QED) is 0.134. The minimum Gasteiger partial charge on any atom is -0.545 e. The average Bonchev–Trinajstić information content (AvgIpc) is 2.70. The van der Waals surface area contributed by atoms with Crippen molar-refractivity contribution < 1.29 is 59.4 Å². The fourth-order valence-electron chi connectivity index (χ4n) is 0.408. The van der Waals surface area contributed by atoms with Crippen molar-refractivity contribution in [2.45, 2.75) is 8.87 Å². The first-order valence-electron chi connectivity index (χ1n) is 7.52. The van der Waals surface area contributed by atoms with Crippen molar-refractivity contribution in [2.24, 2.45) is 0 Å². The van der Waals surface area contributed by atoms with Crippen LogP contribution in [0, 0.1) is 0 Å². The van der Waals surface area contributed by atoms with Crippen LogP contribution in [0.2, 0.25) is 8.87 Å². The topological polar surface area (TPSA) is 241 Å². The summed E-state index contributed by atoms with van der Waals surface area (Å²) in [7, 11) is 0. The Hall–Kier alpha value is -2.88. The van der Waals surface area contributed by atoms with Gasteiger partial charge in [0.05, 0.1) is 35.8 Å². The van der Waals surface area contributed by atoms with E-state index < -0.39 is 35.8 Å². The molecule has 0 saturated heterocycles. The van der Waals surface area contributed by atoms with Crippen LogP contribution in [0.4, 0.5) is 0 Å². The first-order chi connectivity index (χ1) is 14.7. The standard InChI is InChI=1S/3C4H4O4.2C3H5.2Sn/c3*5-3(6)1-2-4(7)8;2*1-3-2;;/h3*1-2H,(H,5,6)(H,7,8);2*3H,1-2H2;;/q;;;;;2*+3/p-6/b3*2-1-;;;;. The van der Waals surface area contributed by atoms with Crippen molar-refractivity contribution in [1.29, 1.82) is 0 Å². The van der Waals surface area contributed by atoms with Crippen LogP contribution in [0.15, 0.2) is 61.8 Å². The number of rotatable bonds is 8. The van der Waals surface area contributed by atoms with Gasteiger partial charge >= 0.3 is 79.2 Å². The third-order valence-electron chi connectivity index (χ3n) is 1.36. The van der Waals surface area contributed by atoms with E-state index in [0.717, 1.165) is 0 Å². The van der Waals surface area contributed by atoms with Crippen LogP contribution in [-0.4, -0.2) is 80.9 Å². The first kappa shape index (κ1) is 39.6. The Bertz CT molecular complexity index is 557. The average molecular weight is 662 g/mol. The van der Waals surface area contributed by atoms with Crippen molar-refractivity contribution >= 4 is 80.9 Å². The van der Waals surface area contributed by atoms with E-state index >= 15 is 0 Å². The predicted octanol–water partition coefficient (Wildman–Crippen LogP) is -7.35. The van der Waals surface area contributed by atoms with Crippen molar-refractivity contribution in [3.05, 3.63) is 61.8 Å². The van der Waals surface area contributed by atoms with Crippen LogP contribution in [0.1, 0.15) is 0 Å². The minimum atomic E-state index is -1.55. The van der Waals surface area contributed by atoms with Gasteiger partial charge in [0.2, 0.25) is 0 Å². The van der Waals surface area contributed by atoms with Gasteiger partial charge in [-0.15, -0.1) is 0 Å². The van der Waals surface area contributed by atoms with Gasteiger partial charge in [0.25, 0.3) is 0 Å². The van der Waals surface area contributed by atoms with E-state index in [1.807, 2.05) is 12.2 Å². The summed E-state index contributed by atoms with van der Waals surface area (Å²) >= 11 is 3.10. The Labute approximate surface area is 210 Å². The molecule has 0 rings (SSSR count).